The average Bonchev–Trinajstić information content (AvgIpc) is 3.14. The van der Waals surface area contributed by atoms with Gasteiger partial charge >= 0.3 is 0 Å². The van der Waals surface area contributed by atoms with Gasteiger partial charge in [-0.3, -0.25) is 4.79 Å². The number of piperidine rings is 1. The van der Waals surface area contributed by atoms with Crippen LogP contribution < -0.4 is 10.2 Å². The van der Waals surface area contributed by atoms with Crippen LogP contribution in [0, 0.1) is 11.7 Å². The number of aromatic nitrogens is 4. The summed E-state index contributed by atoms with van der Waals surface area (Å²) in [6.45, 7) is 1.40. The smallest absolute Gasteiger partial charge is 0.227 e. The van der Waals surface area contributed by atoms with Gasteiger partial charge in [0.05, 0.1) is 11.3 Å². The van der Waals surface area contributed by atoms with Crippen molar-refractivity contribution in [1.29, 1.82) is 0 Å². The lowest BCUT2D eigenvalue weighted by molar-refractivity contribution is -0.120. The molecule has 0 spiro atoms. The number of hydrogen-bond donors (Lipinski definition) is 2. The molecule has 3 heterocycles. The van der Waals surface area contributed by atoms with Crippen LogP contribution in [-0.4, -0.2) is 38.9 Å². The molecular formula is C17H16ClFN6O. The minimum absolute atomic E-state index is 0.00930. The fourth-order valence-electron chi connectivity index (χ4n) is 3.16. The van der Waals surface area contributed by atoms with Crippen LogP contribution >= 0.6 is 11.6 Å². The average molecular weight is 375 g/mol. The largest absolute Gasteiger partial charge is 0.355 e. The molecule has 0 saturated carbocycles. The van der Waals surface area contributed by atoms with Crippen LogP contribution in [0.4, 0.5) is 15.9 Å². The maximum Gasteiger partial charge on any atom is 0.227 e. The highest BCUT2D eigenvalue weighted by atomic mass is 35.5. The van der Waals surface area contributed by atoms with Gasteiger partial charge in [-0.05, 0) is 31.0 Å². The fraction of sp³-hybridized carbons (Fsp3) is 0.294. The monoisotopic (exact) mass is 374 g/mol. The summed E-state index contributed by atoms with van der Waals surface area (Å²) in [6.07, 6.45) is 4.48. The summed E-state index contributed by atoms with van der Waals surface area (Å²) in [5.41, 5.74) is 1.93. The minimum atomic E-state index is -0.507. The molecule has 9 heteroatoms. The van der Waals surface area contributed by atoms with Crippen molar-refractivity contribution >= 4 is 40.2 Å². The number of carbonyl (C=O) groups is 1. The van der Waals surface area contributed by atoms with E-state index in [0.717, 1.165) is 11.3 Å². The zero-order chi connectivity index (χ0) is 18.1. The van der Waals surface area contributed by atoms with Crippen LogP contribution in [0.25, 0.3) is 11.2 Å². The third kappa shape index (κ3) is 3.20. The lowest BCUT2D eigenvalue weighted by Crippen LogP contribution is -2.38. The molecule has 4 rings (SSSR count). The number of halogens is 2. The van der Waals surface area contributed by atoms with E-state index in [0.29, 0.717) is 37.3 Å². The van der Waals surface area contributed by atoms with Crippen molar-refractivity contribution in [3.05, 3.63) is 41.7 Å². The number of benzene rings is 1. The standard InChI is InChI=1S/C17H16ClFN6O/c18-12-7-11(1-2-13(12)19)24-17(26)10-3-5-25(6-4-10)16-14-15(21-8-20-14)22-9-23-16/h1-2,7-10H,3-6H2,(H,24,26)(H,20,21,22,23). The van der Waals surface area contributed by atoms with Gasteiger partial charge in [-0.15, -0.1) is 0 Å². The van der Waals surface area contributed by atoms with Crippen molar-refractivity contribution in [2.45, 2.75) is 12.8 Å². The van der Waals surface area contributed by atoms with Crippen LogP contribution in [0.5, 0.6) is 0 Å². The lowest BCUT2D eigenvalue weighted by Gasteiger charge is -2.32. The Morgan fingerprint density at radius 1 is 1.27 bits per heavy atom. The number of rotatable bonds is 3. The van der Waals surface area contributed by atoms with Crippen LogP contribution in [0.15, 0.2) is 30.9 Å². The van der Waals surface area contributed by atoms with Gasteiger partial charge in [-0.2, -0.15) is 0 Å². The second-order valence-corrected chi connectivity index (χ2v) is 6.59. The lowest BCUT2D eigenvalue weighted by atomic mass is 9.95. The van der Waals surface area contributed by atoms with E-state index in [1.54, 1.807) is 6.33 Å². The molecule has 1 amide bonds. The number of aromatic amines is 1. The Balaban J connectivity index is 1.40. The van der Waals surface area contributed by atoms with Gasteiger partial charge in [0.1, 0.15) is 17.7 Å². The van der Waals surface area contributed by atoms with Crippen molar-refractivity contribution in [1.82, 2.24) is 19.9 Å². The van der Waals surface area contributed by atoms with E-state index in [1.807, 2.05) is 0 Å². The number of carbonyl (C=O) groups excluding carboxylic acids is 1. The molecule has 1 fully saturated rings. The van der Waals surface area contributed by atoms with Gasteiger partial charge in [0.15, 0.2) is 11.5 Å². The van der Waals surface area contributed by atoms with E-state index in [1.165, 1.54) is 24.5 Å². The number of amides is 1. The molecule has 2 aromatic heterocycles. The first-order valence-electron chi connectivity index (χ1n) is 8.27. The molecule has 0 aliphatic carbocycles. The third-order valence-corrected chi connectivity index (χ3v) is 4.85. The van der Waals surface area contributed by atoms with Gasteiger partial charge in [-0.25, -0.2) is 19.3 Å². The predicted molar refractivity (Wildman–Crippen MR) is 96.7 cm³/mol. The van der Waals surface area contributed by atoms with Crippen LogP contribution in [0.1, 0.15) is 12.8 Å². The highest BCUT2D eigenvalue weighted by Gasteiger charge is 2.27. The molecule has 0 atom stereocenters. The first-order chi connectivity index (χ1) is 12.6. The SMILES string of the molecule is O=C(Nc1ccc(F)c(Cl)c1)C1CCN(c2ncnc3nc[nH]c23)CC1. The quantitative estimate of drug-likeness (QED) is 0.736. The van der Waals surface area contributed by atoms with Gasteiger partial charge in [0.25, 0.3) is 0 Å². The van der Waals surface area contributed by atoms with E-state index in [-0.39, 0.29) is 16.8 Å². The molecule has 134 valence electrons. The predicted octanol–water partition coefficient (Wildman–Crippen LogP) is 3.00. The van der Waals surface area contributed by atoms with Gasteiger partial charge in [0.2, 0.25) is 5.91 Å². The molecule has 3 aromatic rings. The van der Waals surface area contributed by atoms with Gasteiger partial charge in [0, 0.05) is 24.7 Å². The van der Waals surface area contributed by atoms with Crippen molar-refractivity contribution in [3.8, 4) is 0 Å². The molecule has 1 aliphatic heterocycles. The number of fused-ring (bicyclic) bond motifs is 1. The zero-order valence-electron chi connectivity index (χ0n) is 13.7. The molecule has 0 radical (unpaired) electrons. The summed E-state index contributed by atoms with van der Waals surface area (Å²) in [4.78, 5) is 30.3. The molecule has 2 N–H and O–H groups in total. The Labute approximate surface area is 153 Å². The second-order valence-electron chi connectivity index (χ2n) is 6.18. The molecule has 0 bridgehead atoms. The number of nitrogens with one attached hydrogen (secondary N) is 2. The Bertz CT molecular complexity index is 953. The van der Waals surface area contributed by atoms with E-state index >= 15 is 0 Å². The van der Waals surface area contributed by atoms with Crippen molar-refractivity contribution in [3.63, 3.8) is 0 Å². The molecule has 26 heavy (non-hydrogen) atoms. The maximum absolute atomic E-state index is 13.2. The highest BCUT2D eigenvalue weighted by molar-refractivity contribution is 6.31. The molecule has 1 aliphatic rings. The number of nitrogens with zero attached hydrogens (tertiary/aromatic N) is 4. The number of hydrogen-bond acceptors (Lipinski definition) is 5. The molecule has 0 unspecified atom stereocenters. The first-order valence-corrected chi connectivity index (χ1v) is 8.64. The number of H-pyrrole nitrogens is 1. The van der Waals surface area contributed by atoms with Crippen molar-refractivity contribution < 1.29 is 9.18 Å². The van der Waals surface area contributed by atoms with Crippen molar-refractivity contribution in [2.24, 2.45) is 5.92 Å². The Morgan fingerprint density at radius 2 is 2.08 bits per heavy atom. The topological polar surface area (TPSA) is 86.8 Å². The summed E-state index contributed by atoms with van der Waals surface area (Å²) in [6, 6.07) is 4.16. The van der Waals surface area contributed by atoms with Crippen LogP contribution in [0.2, 0.25) is 5.02 Å². The third-order valence-electron chi connectivity index (χ3n) is 4.56. The van der Waals surface area contributed by atoms with E-state index in [2.05, 4.69) is 30.2 Å². The summed E-state index contributed by atoms with van der Waals surface area (Å²) in [7, 11) is 0. The minimum Gasteiger partial charge on any atom is -0.355 e. The molecule has 7 nitrogen and oxygen atoms in total. The van der Waals surface area contributed by atoms with Crippen molar-refractivity contribution in [2.75, 3.05) is 23.3 Å². The zero-order valence-corrected chi connectivity index (χ0v) is 14.5. The first kappa shape index (κ1) is 16.7. The highest BCUT2D eigenvalue weighted by Crippen LogP contribution is 2.27. The molecule has 1 saturated heterocycles. The van der Waals surface area contributed by atoms with E-state index < -0.39 is 5.82 Å². The summed E-state index contributed by atoms with van der Waals surface area (Å²) in [5.74, 6) is 0.0977. The Hall–Kier alpha value is -2.74. The second kappa shape index (κ2) is 6.87. The fourth-order valence-corrected chi connectivity index (χ4v) is 3.34. The van der Waals surface area contributed by atoms with Crippen LogP contribution in [0.3, 0.4) is 0 Å². The van der Waals surface area contributed by atoms with Gasteiger partial charge in [-0.1, -0.05) is 11.6 Å². The maximum atomic E-state index is 13.2. The van der Waals surface area contributed by atoms with Gasteiger partial charge < -0.3 is 15.2 Å². The molecule has 1 aromatic carbocycles. The van der Waals surface area contributed by atoms with E-state index in [9.17, 15) is 9.18 Å². The summed E-state index contributed by atoms with van der Waals surface area (Å²) >= 11 is 5.76. The Kier molecular flexibility index (Phi) is 4.42. The van der Waals surface area contributed by atoms with E-state index in [4.69, 9.17) is 11.6 Å². The summed E-state index contributed by atoms with van der Waals surface area (Å²) in [5, 5.41) is 2.80. The Morgan fingerprint density at radius 3 is 2.85 bits per heavy atom. The summed E-state index contributed by atoms with van der Waals surface area (Å²) < 4.78 is 13.2. The molecular weight excluding hydrogens is 359 g/mol. The number of anilines is 2. The van der Waals surface area contributed by atoms with Crippen LogP contribution in [-0.2, 0) is 4.79 Å². The number of imidazole rings is 1. The normalized spacial score (nSPS) is 15.4.